The number of aliphatic hydroxyl groups excluding tert-OH is 1. The minimum Gasteiger partial charge on any atom is -0.506 e. The second-order valence-electron chi connectivity index (χ2n) is 7.19. The lowest BCUT2D eigenvalue weighted by molar-refractivity contribution is 0.223. The predicted molar refractivity (Wildman–Crippen MR) is 116 cm³/mol. The molecule has 0 bridgehead atoms. The first kappa shape index (κ1) is 19.4. The van der Waals surface area contributed by atoms with Crippen LogP contribution in [0.2, 0.25) is 0 Å². The number of thiocarbonyl (C=S) groups is 1. The Morgan fingerprint density at radius 1 is 1.14 bits per heavy atom. The Kier molecular flexibility index (Phi) is 5.25. The summed E-state index contributed by atoms with van der Waals surface area (Å²) in [5.74, 6) is 0.231. The van der Waals surface area contributed by atoms with E-state index in [-0.39, 0.29) is 24.4 Å². The molecule has 3 N–H and O–H groups in total. The second kappa shape index (κ2) is 7.85. The molecule has 0 saturated carbocycles. The van der Waals surface area contributed by atoms with Crippen LogP contribution in [0, 0.1) is 13.8 Å². The number of hydrogen-bond acceptors (Lipinski definition) is 4. The van der Waals surface area contributed by atoms with Gasteiger partial charge < -0.3 is 25.0 Å². The average Bonchev–Trinajstić information content (AvgIpc) is 3.19. The Bertz CT molecular complexity index is 1030. The monoisotopic (exact) mass is 408 g/mol. The molecule has 4 rings (SSSR count). The summed E-state index contributed by atoms with van der Waals surface area (Å²) in [6, 6.07) is 15.0. The third-order valence-electron chi connectivity index (χ3n) is 5.45. The van der Waals surface area contributed by atoms with Crippen LogP contribution in [0.15, 0.2) is 54.7 Å². The van der Waals surface area contributed by atoms with Crippen molar-refractivity contribution in [2.24, 2.45) is 0 Å². The van der Waals surface area contributed by atoms with E-state index in [2.05, 4.69) is 20.9 Å². The zero-order chi connectivity index (χ0) is 20.5. The highest BCUT2D eigenvalue weighted by Gasteiger charge is 2.41. The van der Waals surface area contributed by atoms with E-state index in [9.17, 15) is 10.2 Å². The van der Waals surface area contributed by atoms with Crippen molar-refractivity contribution < 1.29 is 10.2 Å². The van der Waals surface area contributed by atoms with Crippen molar-refractivity contribution in [3.05, 3.63) is 77.4 Å². The third-order valence-corrected chi connectivity index (χ3v) is 5.80. The van der Waals surface area contributed by atoms with E-state index in [4.69, 9.17) is 12.2 Å². The molecule has 150 valence electrons. The van der Waals surface area contributed by atoms with Gasteiger partial charge in [-0.05, 0) is 62.0 Å². The van der Waals surface area contributed by atoms with Gasteiger partial charge >= 0.3 is 0 Å². The van der Waals surface area contributed by atoms with Gasteiger partial charge in [0.25, 0.3) is 0 Å². The number of aliphatic hydroxyl groups is 1. The van der Waals surface area contributed by atoms with Gasteiger partial charge in [0, 0.05) is 24.1 Å². The normalized spacial score (nSPS) is 18.9. The maximum absolute atomic E-state index is 10.4. The number of rotatable bonds is 5. The smallest absolute Gasteiger partial charge is 0.170 e. The number of nitrogens with zero attached hydrogens (tertiary/aromatic N) is 3. The van der Waals surface area contributed by atoms with E-state index in [1.54, 1.807) is 12.3 Å². The van der Waals surface area contributed by atoms with Crippen LogP contribution in [0.4, 0.5) is 0 Å². The number of aromatic nitrogens is 2. The maximum Gasteiger partial charge on any atom is 0.170 e. The summed E-state index contributed by atoms with van der Waals surface area (Å²) in [7, 11) is 0. The molecule has 1 saturated heterocycles. The fraction of sp³-hybridized carbons (Fsp3) is 0.273. The first-order chi connectivity index (χ1) is 14.0. The van der Waals surface area contributed by atoms with Gasteiger partial charge in [0.15, 0.2) is 5.11 Å². The average molecular weight is 409 g/mol. The van der Waals surface area contributed by atoms with Crippen LogP contribution in [0.5, 0.6) is 5.75 Å². The molecule has 1 aliphatic rings. The molecule has 7 heteroatoms. The van der Waals surface area contributed by atoms with Crippen LogP contribution in [0.1, 0.15) is 34.7 Å². The summed E-state index contributed by atoms with van der Waals surface area (Å²) in [6.45, 7) is 4.50. The zero-order valence-electron chi connectivity index (χ0n) is 16.4. The first-order valence-electron chi connectivity index (χ1n) is 9.59. The van der Waals surface area contributed by atoms with Crippen molar-refractivity contribution in [2.75, 3.05) is 13.2 Å². The molecule has 6 nitrogen and oxygen atoms in total. The zero-order valence-corrected chi connectivity index (χ0v) is 17.2. The van der Waals surface area contributed by atoms with Crippen molar-refractivity contribution in [1.29, 1.82) is 0 Å². The van der Waals surface area contributed by atoms with Gasteiger partial charge in [-0.2, -0.15) is 0 Å². The van der Waals surface area contributed by atoms with Crippen LogP contribution in [0.3, 0.4) is 0 Å². The quantitative estimate of drug-likeness (QED) is 0.563. The number of β-amino-alcohol motifs (C(OH)–C–C–N with tert-alkyl or cyclic N) is 1. The molecule has 3 aromatic rings. The Morgan fingerprint density at radius 2 is 1.90 bits per heavy atom. The van der Waals surface area contributed by atoms with Gasteiger partial charge in [0.05, 0.1) is 30.1 Å². The molecule has 2 atom stereocenters. The van der Waals surface area contributed by atoms with Gasteiger partial charge in [-0.25, -0.2) is 0 Å². The summed E-state index contributed by atoms with van der Waals surface area (Å²) in [6.07, 6.45) is 1.77. The van der Waals surface area contributed by atoms with E-state index in [0.29, 0.717) is 11.7 Å². The maximum atomic E-state index is 10.4. The summed E-state index contributed by atoms with van der Waals surface area (Å²) >= 11 is 5.59. The largest absolute Gasteiger partial charge is 0.506 e. The molecule has 0 radical (unpaired) electrons. The molecule has 0 aliphatic carbocycles. The van der Waals surface area contributed by atoms with E-state index < -0.39 is 0 Å². The molecule has 2 unspecified atom stereocenters. The van der Waals surface area contributed by atoms with Crippen molar-refractivity contribution in [3.8, 4) is 11.4 Å². The van der Waals surface area contributed by atoms with Crippen LogP contribution < -0.4 is 5.32 Å². The number of benzene rings is 1. The predicted octanol–water partition coefficient (Wildman–Crippen LogP) is 3.16. The van der Waals surface area contributed by atoms with E-state index in [1.165, 1.54) is 0 Å². The number of pyridine rings is 1. The number of aryl methyl sites for hydroxylation is 1. The lowest BCUT2D eigenvalue weighted by atomic mass is 9.97. The fourth-order valence-electron chi connectivity index (χ4n) is 4.20. The second-order valence-corrected chi connectivity index (χ2v) is 7.58. The van der Waals surface area contributed by atoms with Gasteiger partial charge in [-0.1, -0.05) is 18.2 Å². The molecular weight excluding hydrogens is 384 g/mol. The fourth-order valence-corrected chi connectivity index (χ4v) is 4.54. The van der Waals surface area contributed by atoms with Crippen molar-refractivity contribution in [2.45, 2.75) is 25.9 Å². The van der Waals surface area contributed by atoms with Crippen LogP contribution in [0.25, 0.3) is 5.69 Å². The Hall–Kier alpha value is -2.90. The van der Waals surface area contributed by atoms with Crippen LogP contribution in [-0.2, 0) is 0 Å². The number of phenols is 1. The minimum atomic E-state index is -0.131. The summed E-state index contributed by atoms with van der Waals surface area (Å²) in [5.41, 5.74) is 4.75. The highest BCUT2D eigenvalue weighted by Crippen LogP contribution is 2.41. The SMILES string of the molecule is Cc1cc(C2C(c3ccccn3)NC(=S)N2CCO)c(C)n1-c1ccccc1O. The van der Waals surface area contributed by atoms with Crippen molar-refractivity contribution in [3.63, 3.8) is 0 Å². The van der Waals surface area contributed by atoms with Gasteiger partial charge in [-0.3, -0.25) is 4.98 Å². The molecule has 29 heavy (non-hydrogen) atoms. The first-order valence-corrected chi connectivity index (χ1v) is 10.00. The molecule has 2 aromatic heterocycles. The summed E-state index contributed by atoms with van der Waals surface area (Å²) in [5, 5.41) is 24.0. The van der Waals surface area contributed by atoms with Crippen molar-refractivity contribution >= 4 is 17.3 Å². The number of hydrogen-bond donors (Lipinski definition) is 3. The van der Waals surface area contributed by atoms with E-state index in [0.717, 1.165) is 28.3 Å². The van der Waals surface area contributed by atoms with Crippen molar-refractivity contribution in [1.82, 2.24) is 19.8 Å². The number of nitrogens with one attached hydrogen (secondary N) is 1. The number of para-hydroxylation sites is 2. The molecule has 1 aliphatic heterocycles. The lowest BCUT2D eigenvalue weighted by Crippen LogP contribution is -2.32. The topological polar surface area (TPSA) is 73.5 Å². The van der Waals surface area contributed by atoms with E-state index >= 15 is 0 Å². The molecule has 1 aromatic carbocycles. The third kappa shape index (κ3) is 3.36. The number of aromatic hydroxyl groups is 1. The standard InChI is InChI=1S/C22H24N4O2S/c1-14-13-16(15(2)26(14)18-8-3-4-9-19(18)28)21-20(17-7-5-6-10-23-17)24-22(29)25(21)11-12-27/h3-10,13,20-21,27-28H,11-12H2,1-2H3,(H,24,29). The molecule has 1 fully saturated rings. The highest BCUT2D eigenvalue weighted by molar-refractivity contribution is 7.80. The Balaban J connectivity index is 1.85. The van der Waals surface area contributed by atoms with E-state index in [1.807, 2.05) is 55.1 Å². The van der Waals surface area contributed by atoms with Gasteiger partial charge in [0.1, 0.15) is 5.75 Å². The Morgan fingerprint density at radius 3 is 2.59 bits per heavy atom. The van der Waals surface area contributed by atoms with Crippen LogP contribution in [-0.4, -0.2) is 42.9 Å². The molecular formula is C22H24N4O2S. The lowest BCUT2D eigenvalue weighted by Gasteiger charge is -2.27. The molecule has 0 spiro atoms. The van der Waals surface area contributed by atoms with Gasteiger partial charge in [0.2, 0.25) is 0 Å². The molecule has 3 heterocycles. The summed E-state index contributed by atoms with van der Waals surface area (Å²) in [4.78, 5) is 6.56. The molecule has 0 amide bonds. The minimum absolute atomic E-state index is 0.00543. The van der Waals surface area contributed by atoms with Gasteiger partial charge in [-0.15, -0.1) is 0 Å². The summed E-state index contributed by atoms with van der Waals surface area (Å²) < 4.78 is 2.05. The highest BCUT2D eigenvalue weighted by atomic mass is 32.1. The Labute approximate surface area is 175 Å². The van der Waals surface area contributed by atoms with Crippen LogP contribution >= 0.6 is 12.2 Å². The number of phenolic OH excluding ortho intramolecular Hbond substituents is 1.